The van der Waals surface area contributed by atoms with Crippen LogP contribution in [0.5, 0.6) is 0 Å². The van der Waals surface area contributed by atoms with E-state index in [1.54, 1.807) is 0 Å². The summed E-state index contributed by atoms with van der Waals surface area (Å²) in [4.78, 5) is 0. The van der Waals surface area contributed by atoms with Gasteiger partial charge in [0.25, 0.3) is 0 Å². The quantitative estimate of drug-likeness (QED) is 0.585. The van der Waals surface area contributed by atoms with Crippen LogP contribution in [-0.4, -0.2) is 5.25 Å². The molecule has 0 nitrogen and oxygen atoms in total. The van der Waals surface area contributed by atoms with E-state index in [-0.39, 0.29) is 0 Å². The Labute approximate surface area is 62.7 Å². The molecule has 0 bridgehead atoms. The maximum absolute atomic E-state index is 2.23. The van der Waals surface area contributed by atoms with Crippen molar-refractivity contribution >= 4 is 11.8 Å². The summed E-state index contributed by atoms with van der Waals surface area (Å²) in [7, 11) is 0. The van der Waals surface area contributed by atoms with Gasteiger partial charge in [-0.3, -0.25) is 0 Å². The topological polar surface area (TPSA) is 0 Å². The Morgan fingerprint density at radius 1 is 1.11 bits per heavy atom. The molecule has 1 heteroatoms. The van der Waals surface area contributed by atoms with Crippen molar-refractivity contribution in [2.24, 2.45) is 5.92 Å². The molecule has 0 aliphatic heterocycles. The molecule has 9 heavy (non-hydrogen) atoms. The molecule has 0 aliphatic carbocycles. The zero-order chi connectivity index (χ0) is 7.28. The lowest BCUT2D eigenvalue weighted by molar-refractivity contribution is 0.833. The molecule has 0 atom stereocenters. The van der Waals surface area contributed by atoms with E-state index >= 15 is 0 Å². The lowest BCUT2D eigenvalue weighted by atomic mass is 10.2. The van der Waals surface area contributed by atoms with Gasteiger partial charge in [-0.25, -0.2) is 0 Å². The summed E-state index contributed by atoms with van der Waals surface area (Å²) in [6.45, 7) is 8.79. The van der Waals surface area contributed by atoms with Gasteiger partial charge < -0.3 is 0 Å². The molecule has 0 aromatic rings. The Kier molecular flexibility index (Phi) is 4.97. The van der Waals surface area contributed by atoms with Crippen molar-refractivity contribution < 1.29 is 0 Å². The fourth-order valence-corrected chi connectivity index (χ4v) is 1.08. The van der Waals surface area contributed by atoms with Gasteiger partial charge in [0.2, 0.25) is 0 Å². The molecule has 0 heterocycles. The van der Waals surface area contributed by atoms with Crippen LogP contribution in [0.15, 0.2) is 11.5 Å². The van der Waals surface area contributed by atoms with Crippen LogP contribution in [0.4, 0.5) is 0 Å². The first-order valence-corrected chi connectivity index (χ1v) is 4.39. The molecule has 0 spiro atoms. The molecule has 0 saturated heterocycles. The molecule has 0 unspecified atom stereocenters. The molecule has 54 valence electrons. The maximum Gasteiger partial charge on any atom is 0.00316 e. The smallest absolute Gasteiger partial charge is 0.00316 e. The molecule has 0 rings (SSSR count). The van der Waals surface area contributed by atoms with Crippen LogP contribution in [0.1, 0.15) is 27.7 Å². The molecule has 0 aromatic heterocycles. The monoisotopic (exact) mass is 144 g/mol. The summed E-state index contributed by atoms with van der Waals surface area (Å²) < 4.78 is 0. The third-order valence-electron chi connectivity index (χ3n) is 0.814. The van der Waals surface area contributed by atoms with Gasteiger partial charge in [-0.1, -0.05) is 33.8 Å². The van der Waals surface area contributed by atoms with E-state index in [0.29, 0.717) is 5.92 Å². The highest BCUT2D eigenvalue weighted by atomic mass is 32.2. The first-order valence-electron chi connectivity index (χ1n) is 3.45. The molecule has 0 aromatic carbocycles. The molecule has 0 aliphatic rings. The van der Waals surface area contributed by atoms with Crippen LogP contribution in [0.3, 0.4) is 0 Å². The summed E-state index contributed by atoms with van der Waals surface area (Å²) in [5.41, 5.74) is 0. The number of hydrogen-bond acceptors (Lipinski definition) is 1. The van der Waals surface area contributed by atoms with E-state index in [4.69, 9.17) is 0 Å². The average molecular weight is 144 g/mol. The van der Waals surface area contributed by atoms with E-state index in [1.807, 2.05) is 11.8 Å². The molecular weight excluding hydrogens is 128 g/mol. The van der Waals surface area contributed by atoms with Gasteiger partial charge in [0, 0.05) is 5.25 Å². The van der Waals surface area contributed by atoms with Gasteiger partial charge >= 0.3 is 0 Å². The maximum atomic E-state index is 2.23. The molecule has 0 fully saturated rings. The van der Waals surface area contributed by atoms with Crippen LogP contribution in [0, 0.1) is 5.92 Å². The SMILES string of the molecule is CC(C)/C=C\SC(C)C. The van der Waals surface area contributed by atoms with Crippen LogP contribution < -0.4 is 0 Å². The van der Waals surface area contributed by atoms with Gasteiger partial charge in [-0.05, 0) is 11.3 Å². The minimum atomic E-state index is 0.691. The Balaban J connectivity index is 3.25. The summed E-state index contributed by atoms with van der Waals surface area (Å²) >= 11 is 1.88. The first kappa shape index (κ1) is 9.09. The summed E-state index contributed by atoms with van der Waals surface area (Å²) in [6.07, 6.45) is 2.23. The largest absolute Gasteiger partial charge is 0.132 e. The highest BCUT2D eigenvalue weighted by Gasteiger charge is 1.87. The highest BCUT2D eigenvalue weighted by Crippen LogP contribution is 2.11. The summed E-state index contributed by atoms with van der Waals surface area (Å²) in [5, 5.41) is 2.91. The molecule has 0 amide bonds. The molecule has 0 saturated carbocycles. The fraction of sp³-hybridized carbons (Fsp3) is 0.750. The van der Waals surface area contributed by atoms with Crippen LogP contribution >= 0.6 is 11.8 Å². The number of hydrogen-bond donors (Lipinski definition) is 0. The molecule has 0 radical (unpaired) electrons. The minimum Gasteiger partial charge on any atom is -0.132 e. The second-order valence-electron chi connectivity index (χ2n) is 2.76. The van der Waals surface area contributed by atoms with Crippen molar-refractivity contribution in [2.75, 3.05) is 0 Å². The predicted octanol–water partition coefficient (Wildman–Crippen LogP) is 3.30. The Morgan fingerprint density at radius 2 is 1.67 bits per heavy atom. The standard InChI is InChI=1S/C8H16S/c1-7(2)5-6-9-8(3)4/h5-8H,1-4H3/b6-5-. The lowest BCUT2D eigenvalue weighted by Crippen LogP contribution is -1.82. The molecule has 0 N–H and O–H groups in total. The zero-order valence-corrected chi connectivity index (χ0v) is 7.53. The molecular formula is C8H16S. The Morgan fingerprint density at radius 3 is 2.00 bits per heavy atom. The number of rotatable bonds is 3. The van der Waals surface area contributed by atoms with E-state index in [1.165, 1.54) is 0 Å². The van der Waals surface area contributed by atoms with Crippen molar-refractivity contribution in [3.8, 4) is 0 Å². The van der Waals surface area contributed by atoms with Gasteiger partial charge in [0.1, 0.15) is 0 Å². The predicted molar refractivity (Wildman–Crippen MR) is 46.7 cm³/mol. The highest BCUT2D eigenvalue weighted by molar-refractivity contribution is 8.02. The lowest BCUT2D eigenvalue weighted by Gasteiger charge is -1.97. The van der Waals surface area contributed by atoms with E-state index in [2.05, 4.69) is 39.2 Å². The van der Waals surface area contributed by atoms with Crippen LogP contribution in [0.25, 0.3) is 0 Å². The van der Waals surface area contributed by atoms with E-state index in [0.717, 1.165) is 5.25 Å². The van der Waals surface area contributed by atoms with Crippen molar-refractivity contribution in [3.63, 3.8) is 0 Å². The zero-order valence-electron chi connectivity index (χ0n) is 6.72. The van der Waals surface area contributed by atoms with Crippen molar-refractivity contribution in [2.45, 2.75) is 32.9 Å². The van der Waals surface area contributed by atoms with Crippen LogP contribution in [-0.2, 0) is 0 Å². The fourth-order valence-electron chi connectivity index (χ4n) is 0.360. The van der Waals surface area contributed by atoms with E-state index in [9.17, 15) is 0 Å². The Bertz CT molecular complexity index is 82.6. The second kappa shape index (κ2) is 4.92. The van der Waals surface area contributed by atoms with Crippen molar-refractivity contribution in [3.05, 3.63) is 11.5 Å². The van der Waals surface area contributed by atoms with Crippen molar-refractivity contribution in [1.29, 1.82) is 0 Å². The van der Waals surface area contributed by atoms with Gasteiger partial charge in [-0.15, -0.1) is 11.8 Å². The van der Waals surface area contributed by atoms with Crippen molar-refractivity contribution in [1.82, 2.24) is 0 Å². The summed E-state index contributed by atoms with van der Waals surface area (Å²) in [5.74, 6) is 0.691. The number of thioether (sulfide) groups is 1. The third-order valence-corrected chi connectivity index (χ3v) is 1.67. The van der Waals surface area contributed by atoms with Gasteiger partial charge in [0.15, 0.2) is 0 Å². The first-order chi connectivity index (χ1) is 4.13. The third kappa shape index (κ3) is 8.09. The normalized spacial score (nSPS) is 12.2. The van der Waals surface area contributed by atoms with E-state index < -0.39 is 0 Å². The second-order valence-corrected chi connectivity index (χ2v) is 4.24. The summed E-state index contributed by atoms with van der Waals surface area (Å²) in [6, 6.07) is 0. The average Bonchev–Trinajstić information content (AvgIpc) is 1.63. The number of allylic oxidation sites excluding steroid dienone is 1. The van der Waals surface area contributed by atoms with Gasteiger partial charge in [0.05, 0.1) is 0 Å². The van der Waals surface area contributed by atoms with Gasteiger partial charge in [-0.2, -0.15) is 0 Å². The van der Waals surface area contributed by atoms with Crippen LogP contribution in [0.2, 0.25) is 0 Å². The minimum absolute atomic E-state index is 0.691. The Hall–Kier alpha value is 0.0900.